The van der Waals surface area contributed by atoms with E-state index in [4.69, 9.17) is 51.8 Å². The summed E-state index contributed by atoms with van der Waals surface area (Å²) in [5.41, 5.74) is 2.00. The molecule has 1 aliphatic heterocycles. The van der Waals surface area contributed by atoms with Gasteiger partial charge in [-0.05, 0) is 60.1 Å². The molecule has 1 heterocycles. The Labute approximate surface area is 184 Å². The number of ether oxygens (including phenoxy) is 1. The molecular formula is C20H17Cl3N2O2S. The van der Waals surface area contributed by atoms with Crippen LogP contribution in [0.5, 0.6) is 5.75 Å². The first kappa shape index (κ1) is 20.9. The van der Waals surface area contributed by atoms with Crippen LogP contribution in [0, 0.1) is 0 Å². The number of carbonyl (C=O) groups excluding carboxylic acids is 1. The quantitative estimate of drug-likeness (QED) is 0.448. The van der Waals surface area contributed by atoms with Gasteiger partial charge in [0.15, 0.2) is 10.9 Å². The third-order valence-electron chi connectivity index (χ3n) is 4.04. The van der Waals surface area contributed by atoms with Gasteiger partial charge in [0.2, 0.25) is 0 Å². The van der Waals surface area contributed by atoms with Crippen molar-refractivity contribution >= 4 is 64.1 Å². The molecule has 2 aromatic carbocycles. The van der Waals surface area contributed by atoms with E-state index in [1.165, 1.54) is 4.90 Å². The number of nitrogens with one attached hydrogen (secondary N) is 1. The average Bonchev–Trinajstić information content (AvgIpc) is 2.90. The molecule has 0 unspecified atom stereocenters. The highest BCUT2D eigenvalue weighted by molar-refractivity contribution is 7.80. The fourth-order valence-electron chi connectivity index (χ4n) is 2.70. The van der Waals surface area contributed by atoms with E-state index < -0.39 is 0 Å². The molecule has 4 nitrogen and oxygen atoms in total. The second kappa shape index (κ2) is 9.14. The summed E-state index contributed by atoms with van der Waals surface area (Å²) in [5, 5.41) is 4.70. The summed E-state index contributed by atoms with van der Waals surface area (Å²) < 4.78 is 5.77. The van der Waals surface area contributed by atoms with Crippen molar-refractivity contribution in [3.8, 4) is 5.75 Å². The number of hydrogen-bond acceptors (Lipinski definition) is 3. The molecule has 1 aliphatic rings. The van der Waals surface area contributed by atoms with Crippen molar-refractivity contribution in [3.63, 3.8) is 0 Å². The van der Waals surface area contributed by atoms with Crippen LogP contribution in [-0.4, -0.2) is 22.5 Å². The second-order valence-corrected chi connectivity index (χ2v) is 7.81. The maximum absolute atomic E-state index is 12.4. The Balaban J connectivity index is 1.77. The van der Waals surface area contributed by atoms with Crippen LogP contribution in [-0.2, 0) is 11.4 Å². The summed E-state index contributed by atoms with van der Waals surface area (Å²) in [7, 11) is 0. The van der Waals surface area contributed by atoms with Crippen LogP contribution < -0.4 is 10.1 Å². The first-order valence-corrected chi connectivity index (χ1v) is 10.1. The SMILES string of the molecule is CCCN1C(=O)/C(=C/c2cc(Cl)c(OCc3ccc(Cl)cc3)c(Cl)c2)NC1=S. The first-order valence-electron chi connectivity index (χ1n) is 8.60. The molecule has 8 heteroatoms. The van der Waals surface area contributed by atoms with E-state index in [1.54, 1.807) is 30.3 Å². The van der Waals surface area contributed by atoms with Gasteiger partial charge in [-0.1, -0.05) is 53.9 Å². The fourth-order valence-corrected chi connectivity index (χ4v) is 3.73. The number of amides is 1. The van der Waals surface area contributed by atoms with Crippen molar-refractivity contribution in [2.75, 3.05) is 6.54 Å². The molecule has 3 rings (SSSR count). The fraction of sp³-hybridized carbons (Fsp3) is 0.200. The predicted molar refractivity (Wildman–Crippen MR) is 118 cm³/mol. The Morgan fingerprint density at radius 2 is 1.79 bits per heavy atom. The molecule has 0 spiro atoms. The van der Waals surface area contributed by atoms with Crippen molar-refractivity contribution in [1.29, 1.82) is 0 Å². The normalized spacial score (nSPS) is 15.3. The summed E-state index contributed by atoms with van der Waals surface area (Å²) in [5.74, 6) is 0.219. The standard InChI is InChI=1S/C20H17Cl3N2O2S/c1-2-7-25-19(26)17(24-20(25)28)10-13-8-15(22)18(16(23)9-13)27-11-12-3-5-14(21)6-4-12/h3-6,8-10H,2,7,11H2,1H3,(H,24,28)/b17-10-. The van der Waals surface area contributed by atoms with Gasteiger partial charge in [-0.15, -0.1) is 0 Å². The summed E-state index contributed by atoms with van der Waals surface area (Å²) in [6, 6.07) is 10.7. The van der Waals surface area contributed by atoms with E-state index >= 15 is 0 Å². The molecule has 0 aromatic heterocycles. The summed E-state index contributed by atoms with van der Waals surface area (Å²) in [6.45, 7) is 2.86. The van der Waals surface area contributed by atoms with Crippen molar-refractivity contribution in [3.05, 3.63) is 68.3 Å². The van der Waals surface area contributed by atoms with Gasteiger partial charge in [-0.2, -0.15) is 0 Å². The van der Waals surface area contributed by atoms with Crippen LogP contribution in [0.3, 0.4) is 0 Å². The maximum atomic E-state index is 12.4. The number of halogens is 3. The molecule has 2 aromatic rings. The van der Waals surface area contributed by atoms with E-state index in [-0.39, 0.29) is 5.91 Å². The molecule has 0 radical (unpaired) electrons. The van der Waals surface area contributed by atoms with Crippen LogP contribution >= 0.6 is 47.0 Å². The summed E-state index contributed by atoms with van der Waals surface area (Å²) in [6.07, 6.45) is 2.49. The molecule has 146 valence electrons. The molecule has 1 fully saturated rings. The zero-order chi connectivity index (χ0) is 20.3. The third kappa shape index (κ3) is 4.78. The third-order valence-corrected chi connectivity index (χ3v) is 5.17. The minimum Gasteiger partial charge on any atom is -0.486 e. The lowest BCUT2D eigenvalue weighted by Gasteiger charge is -2.12. The predicted octanol–water partition coefficient (Wildman–Crippen LogP) is 5.69. The van der Waals surface area contributed by atoms with E-state index in [2.05, 4.69) is 5.32 Å². The molecule has 28 heavy (non-hydrogen) atoms. The Kier molecular flexibility index (Phi) is 6.83. The minimum absolute atomic E-state index is 0.165. The Morgan fingerprint density at radius 3 is 2.39 bits per heavy atom. The van der Waals surface area contributed by atoms with Crippen molar-refractivity contribution in [1.82, 2.24) is 10.2 Å². The monoisotopic (exact) mass is 454 g/mol. The van der Waals surface area contributed by atoms with Crippen molar-refractivity contribution in [2.45, 2.75) is 20.0 Å². The number of rotatable bonds is 6. The molecule has 1 N–H and O–H groups in total. The van der Waals surface area contributed by atoms with Gasteiger partial charge in [0.1, 0.15) is 12.3 Å². The number of nitrogens with zero attached hydrogens (tertiary/aromatic N) is 1. The molecule has 1 amide bonds. The topological polar surface area (TPSA) is 41.6 Å². The van der Waals surface area contributed by atoms with E-state index in [0.29, 0.717) is 50.3 Å². The highest BCUT2D eigenvalue weighted by atomic mass is 35.5. The van der Waals surface area contributed by atoms with E-state index in [9.17, 15) is 4.79 Å². The lowest BCUT2D eigenvalue weighted by Crippen LogP contribution is -2.31. The number of carbonyl (C=O) groups is 1. The second-order valence-electron chi connectivity index (χ2n) is 6.17. The van der Waals surface area contributed by atoms with Gasteiger partial charge < -0.3 is 10.1 Å². The van der Waals surface area contributed by atoms with Crippen LogP contribution in [0.2, 0.25) is 15.1 Å². The van der Waals surface area contributed by atoms with Gasteiger partial charge in [0.25, 0.3) is 5.91 Å². The molecular weight excluding hydrogens is 439 g/mol. The highest BCUT2D eigenvalue weighted by Crippen LogP contribution is 2.35. The first-order chi connectivity index (χ1) is 13.4. The van der Waals surface area contributed by atoms with Crippen LogP contribution in [0.15, 0.2) is 42.1 Å². The van der Waals surface area contributed by atoms with Crippen molar-refractivity contribution in [2.24, 2.45) is 0 Å². The van der Waals surface area contributed by atoms with Crippen LogP contribution in [0.4, 0.5) is 0 Å². The molecule has 0 atom stereocenters. The van der Waals surface area contributed by atoms with E-state index in [1.807, 2.05) is 19.1 Å². The zero-order valence-electron chi connectivity index (χ0n) is 15.0. The minimum atomic E-state index is -0.165. The van der Waals surface area contributed by atoms with Gasteiger partial charge in [-0.25, -0.2) is 0 Å². The number of hydrogen-bond donors (Lipinski definition) is 1. The summed E-state index contributed by atoms with van der Waals surface area (Å²) in [4.78, 5) is 14.0. The molecule has 0 aliphatic carbocycles. The number of thiocarbonyl (C=S) groups is 1. The van der Waals surface area contributed by atoms with Gasteiger partial charge >= 0.3 is 0 Å². The Morgan fingerprint density at radius 1 is 1.14 bits per heavy atom. The average molecular weight is 456 g/mol. The van der Waals surface area contributed by atoms with Gasteiger partial charge in [-0.3, -0.25) is 9.69 Å². The van der Waals surface area contributed by atoms with Crippen LogP contribution in [0.25, 0.3) is 6.08 Å². The maximum Gasteiger partial charge on any atom is 0.276 e. The lowest BCUT2D eigenvalue weighted by atomic mass is 10.1. The molecule has 1 saturated heterocycles. The highest BCUT2D eigenvalue weighted by Gasteiger charge is 2.29. The zero-order valence-corrected chi connectivity index (χ0v) is 18.1. The lowest BCUT2D eigenvalue weighted by molar-refractivity contribution is -0.122. The van der Waals surface area contributed by atoms with Crippen LogP contribution in [0.1, 0.15) is 24.5 Å². The molecule has 0 saturated carbocycles. The van der Waals surface area contributed by atoms with E-state index in [0.717, 1.165) is 12.0 Å². The Hall–Kier alpha value is -1.79. The smallest absolute Gasteiger partial charge is 0.276 e. The van der Waals surface area contributed by atoms with Gasteiger partial charge in [0, 0.05) is 11.6 Å². The Bertz CT molecular complexity index is 922. The molecule has 0 bridgehead atoms. The van der Waals surface area contributed by atoms with Crippen molar-refractivity contribution < 1.29 is 9.53 Å². The number of benzene rings is 2. The largest absolute Gasteiger partial charge is 0.486 e. The summed E-state index contributed by atoms with van der Waals surface area (Å²) >= 11 is 23.8. The van der Waals surface area contributed by atoms with Gasteiger partial charge in [0.05, 0.1) is 10.0 Å².